The van der Waals surface area contributed by atoms with Crippen molar-refractivity contribution in [2.45, 2.75) is 38.5 Å². The quantitative estimate of drug-likeness (QED) is 0.590. The third-order valence-electron chi connectivity index (χ3n) is 3.40. The molecule has 0 bridgehead atoms. The molecule has 0 nitrogen and oxygen atoms in total. The van der Waals surface area contributed by atoms with Gasteiger partial charge < -0.3 is 0 Å². The Labute approximate surface area is 126 Å². The summed E-state index contributed by atoms with van der Waals surface area (Å²) >= 11 is 17.9. The van der Waals surface area contributed by atoms with E-state index >= 15 is 0 Å². The van der Waals surface area contributed by atoms with Crippen molar-refractivity contribution in [2.24, 2.45) is 0 Å². The van der Waals surface area contributed by atoms with Crippen LogP contribution in [0.1, 0.15) is 55.2 Å². The van der Waals surface area contributed by atoms with Crippen molar-refractivity contribution in [2.75, 3.05) is 17.6 Å². The van der Waals surface area contributed by atoms with E-state index in [2.05, 4.69) is 39.0 Å². The molecule has 0 heterocycles. The molecule has 0 aliphatic carbocycles. The first kappa shape index (κ1) is 16.1. The van der Waals surface area contributed by atoms with Crippen LogP contribution in [0.5, 0.6) is 0 Å². The Balaban J connectivity index is 3.19. The van der Waals surface area contributed by atoms with Crippen molar-refractivity contribution in [3.63, 3.8) is 0 Å². The summed E-state index contributed by atoms with van der Waals surface area (Å²) in [5, 5.41) is 0. The van der Waals surface area contributed by atoms with E-state index in [1.165, 1.54) is 16.7 Å². The average Bonchev–Trinajstić information content (AvgIpc) is 2.43. The van der Waals surface area contributed by atoms with Crippen LogP contribution in [0.3, 0.4) is 0 Å². The highest BCUT2D eigenvalue weighted by Crippen LogP contribution is 2.29. The monoisotopic (exact) mass is 306 g/mol. The van der Waals surface area contributed by atoms with E-state index < -0.39 is 0 Å². The first-order valence-electron chi connectivity index (χ1n) is 6.36. The Morgan fingerprint density at radius 1 is 0.667 bits per heavy atom. The molecule has 0 amide bonds. The van der Waals surface area contributed by atoms with Crippen molar-refractivity contribution >= 4 is 34.8 Å². The van der Waals surface area contributed by atoms with Gasteiger partial charge in [0.1, 0.15) is 0 Å². The zero-order valence-corrected chi connectivity index (χ0v) is 13.5. The molecule has 0 aliphatic heterocycles. The fourth-order valence-electron chi connectivity index (χ4n) is 1.82. The molecule has 0 saturated heterocycles. The van der Waals surface area contributed by atoms with E-state index in [0.29, 0.717) is 35.4 Å². The lowest BCUT2D eigenvalue weighted by Crippen LogP contribution is -2.04. The molecule has 0 saturated carbocycles. The zero-order chi connectivity index (χ0) is 13.7. The molecule has 3 atom stereocenters. The predicted octanol–water partition coefficient (Wildman–Crippen LogP) is 5.71. The normalized spacial score (nSPS) is 16.3. The maximum atomic E-state index is 5.97. The second-order valence-electron chi connectivity index (χ2n) is 5.10. The highest BCUT2D eigenvalue weighted by molar-refractivity contribution is 6.18. The Bertz CT molecular complexity index is 307. The molecule has 18 heavy (non-hydrogen) atoms. The molecule has 3 unspecified atom stereocenters. The Morgan fingerprint density at radius 2 is 0.889 bits per heavy atom. The van der Waals surface area contributed by atoms with Gasteiger partial charge in [0.15, 0.2) is 0 Å². The minimum atomic E-state index is 0.357. The number of benzene rings is 1. The lowest BCUT2D eigenvalue weighted by atomic mass is 9.89. The standard InChI is InChI=1S/C15H21Cl3/c1-10(7-16)13-4-14(11(2)8-17)6-15(5-13)12(3)9-18/h4-6,10-12H,7-9H2,1-3H3. The van der Waals surface area contributed by atoms with E-state index in [4.69, 9.17) is 34.8 Å². The fraction of sp³-hybridized carbons (Fsp3) is 0.600. The molecule has 1 rings (SSSR count). The summed E-state index contributed by atoms with van der Waals surface area (Å²) in [6, 6.07) is 6.68. The van der Waals surface area contributed by atoms with Crippen LogP contribution in [-0.2, 0) is 0 Å². The number of rotatable bonds is 6. The smallest absolute Gasteiger partial charge is 0.0289 e. The zero-order valence-electron chi connectivity index (χ0n) is 11.2. The Hall–Kier alpha value is 0.0900. The lowest BCUT2D eigenvalue weighted by Gasteiger charge is -2.18. The number of alkyl halides is 3. The van der Waals surface area contributed by atoms with Crippen LogP contribution in [0.15, 0.2) is 18.2 Å². The number of halogens is 3. The maximum absolute atomic E-state index is 5.97. The second kappa shape index (κ2) is 7.62. The second-order valence-corrected chi connectivity index (χ2v) is 6.02. The third kappa shape index (κ3) is 4.05. The van der Waals surface area contributed by atoms with E-state index in [-0.39, 0.29) is 0 Å². The average molecular weight is 308 g/mol. The third-order valence-corrected chi connectivity index (χ3v) is 4.79. The number of hydrogen-bond acceptors (Lipinski definition) is 0. The molecular formula is C15H21Cl3. The van der Waals surface area contributed by atoms with E-state index in [1.54, 1.807) is 0 Å². The van der Waals surface area contributed by atoms with Gasteiger partial charge in [-0.15, -0.1) is 34.8 Å². The van der Waals surface area contributed by atoms with Gasteiger partial charge in [0.05, 0.1) is 0 Å². The van der Waals surface area contributed by atoms with Crippen LogP contribution < -0.4 is 0 Å². The summed E-state index contributed by atoms with van der Waals surface area (Å²) in [4.78, 5) is 0. The number of hydrogen-bond donors (Lipinski definition) is 0. The van der Waals surface area contributed by atoms with E-state index in [9.17, 15) is 0 Å². The molecule has 102 valence electrons. The van der Waals surface area contributed by atoms with Gasteiger partial charge in [0, 0.05) is 17.6 Å². The summed E-state index contributed by atoms with van der Waals surface area (Å²) in [6.45, 7) is 6.44. The fourth-order valence-corrected chi connectivity index (χ4v) is 2.36. The largest absolute Gasteiger partial charge is 0.126 e. The van der Waals surface area contributed by atoms with Gasteiger partial charge in [-0.3, -0.25) is 0 Å². The van der Waals surface area contributed by atoms with Crippen molar-refractivity contribution < 1.29 is 0 Å². The van der Waals surface area contributed by atoms with Gasteiger partial charge in [-0.2, -0.15) is 0 Å². The predicted molar refractivity (Wildman–Crippen MR) is 83.8 cm³/mol. The molecule has 0 fully saturated rings. The lowest BCUT2D eigenvalue weighted by molar-refractivity contribution is 0.812. The SMILES string of the molecule is CC(CCl)c1cc(C(C)CCl)cc(C(C)CCl)c1. The van der Waals surface area contributed by atoms with Crippen LogP contribution in [0.4, 0.5) is 0 Å². The van der Waals surface area contributed by atoms with Gasteiger partial charge in [0.25, 0.3) is 0 Å². The summed E-state index contributed by atoms with van der Waals surface area (Å²) < 4.78 is 0. The first-order chi connectivity index (χ1) is 8.53. The minimum Gasteiger partial charge on any atom is -0.126 e. The molecule has 0 aromatic heterocycles. The summed E-state index contributed by atoms with van der Waals surface area (Å²) in [5.41, 5.74) is 3.85. The van der Waals surface area contributed by atoms with Crippen molar-refractivity contribution in [3.05, 3.63) is 34.9 Å². The minimum absolute atomic E-state index is 0.357. The summed E-state index contributed by atoms with van der Waals surface area (Å²) in [7, 11) is 0. The highest BCUT2D eigenvalue weighted by atomic mass is 35.5. The van der Waals surface area contributed by atoms with Gasteiger partial charge in [0.2, 0.25) is 0 Å². The molecule has 0 radical (unpaired) electrons. The van der Waals surface area contributed by atoms with Crippen molar-refractivity contribution in [3.8, 4) is 0 Å². The molecular weight excluding hydrogens is 287 g/mol. The molecule has 3 heteroatoms. The summed E-state index contributed by atoms with van der Waals surface area (Å²) in [6.07, 6.45) is 0. The van der Waals surface area contributed by atoms with Gasteiger partial charge in [-0.25, -0.2) is 0 Å². The molecule has 1 aromatic carbocycles. The van der Waals surface area contributed by atoms with Crippen molar-refractivity contribution in [1.82, 2.24) is 0 Å². The van der Waals surface area contributed by atoms with Crippen LogP contribution in [0, 0.1) is 0 Å². The summed E-state index contributed by atoms with van der Waals surface area (Å²) in [5.74, 6) is 2.97. The Morgan fingerprint density at radius 3 is 1.06 bits per heavy atom. The van der Waals surface area contributed by atoms with E-state index in [1.807, 2.05) is 0 Å². The molecule has 1 aromatic rings. The molecule has 0 spiro atoms. The first-order valence-corrected chi connectivity index (χ1v) is 7.96. The van der Waals surface area contributed by atoms with Crippen LogP contribution >= 0.6 is 34.8 Å². The van der Waals surface area contributed by atoms with Crippen molar-refractivity contribution in [1.29, 1.82) is 0 Å². The molecule has 0 N–H and O–H groups in total. The van der Waals surface area contributed by atoms with E-state index in [0.717, 1.165) is 0 Å². The topological polar surface area (TPSA) is 0 Å². The maximum Gasteiger partial charge on any atom is 0.0289 e. The highest BCUT2D eigenvalue weighted by Gasteiger charge is 2.13. The Kier molecular flexibility index (Phi) is 6.84. The van der Waals surface area contributed by atoms with Crippen LogP contribution in [0.2, 0.25) is 0 Å². The van der Waals surface area contributed by atoms with Gasteiger partial charge in [-0.1, -0.05) is 39.0 Å². The van der Waals surface area contributed by atoms with Gasteiger partial charge >= 0.3 is 0 Å². The van der Waals surface area contributed by atoms with Crippen LogP contribution in [-0.4, -0.2) is 17.6 Å². The molecule has 0 aliphatic rings. The van der Waals surface area contributed by atoms with Crippen LogP contribution in [0.25, 0.3) is 0 Å². The van der Waals surface area contributed by atoms with Gasteiger partial charge in [-0.05, 0) is 34.4 Å².